The first-order valence-electron chi connectivity index (χ1n) is 6.36. The molecule has 0 saturated carbocycles. The molecular weight excluding hydrogens is 337 g/mol. The summed E-state index contributed by atoms with van der Waals surface area (Å²) in [6.07, 6.45) is -5.13. The van der Waals surface area contributed by atoms with Crippen molar-refractivity contribution in [3.05, 3.63) is 34.0 Å². The van der Waals surface area contributed by atoms with E-state index >= 15 is 0 Å². The third kappa shape index (κ3) is 3.59. The maximum Gasteiger partial charge on any atom is 0.573 e. The van der Waals surface area contributed by atoms with Crippen LogP contribution < -0.4 is 4.74 Å². The Morgan fingerprint density at radius 1 is 1.38 bits per heavy atom. The molecular formula is C12H9F3N4O5. The van der Waals surface area contributed by atoms with Gasteiger partial charge in [-0.05, 0) is 19.1 Å². The Kier molecular flexibility index (Phi) is 4.66. The minimum absolute atomic E-state index is 0.00442. The van der Waals surface area contributed by atoms with Crippen LogP contribution in [-0.2, 0) is 4.74 Å². The Morgan fingerprint density at radius 2 is 2.08 bits per heavy atom. The Hall–Kier alpha value is -3.18. The van der Waals surface area contributed by atoms with Crippen LogP contribution in [0.4, 0.5) is 18.9 Å². The van der Waals surface area contributed by atoms with E-state index in [1.54, 1.807) is 0 Å². The number of nitro groups is 1. The molecule has 0 saturated heterocycles. The van der Waals surface area contributed by atoms with Gasteiger partial charge >= 0.3 is 18.0 Å². The van der Waals surface area contributed by atoms with Crippen molar-refractivity contribution in [3.8, 4) is 17.0 Å². The molecule has 0 unspecified atom stereocenters. The molecule has 1 heterocycles. The molecule has 24 heavy (non-hydrogen) atoms. The first kappa shape index (κ1) is 17.2. The van der Waals surface area contributed by atoms with Gasteiger partial charge in [-0.2, -0.15) is 10.3 Å². The first-order valence-corrected chi connectivity index (χ1v) is 6.36. The van der Waals surface area contributed by atoms with Gasteiger partial charge in [0.25, 0.3) is 0 Å². The zero-order valence-electron chi connectivity index (χ0n) is 12.0. The number of hydrogen-bond acceptors (Lipinski definition) is 7. The summed E-state index contributed by atoms with van der Waals surface area (Å²) >= 11 is 0. The minimum atomic E-state index is -5.13. The zero-order valence-corrected chi connectivity index (χ0v) is 12.0. The largest absolute Gasteiger partial charge is 0.573 e. The van der Waals surface area contributed by atoms with Gasteiger partial charge in [-0.3, -0.25) is 10.1 Å². The van der Waals surface area contributed by atoms with Crippen molar-refractivity contribution in [3.63, 3.8) is 0 Å². The first-order chi connectivity index (χ1) is 11.2. The van der Waals surface area contributed by atoms with E-state index in [4.69, 9.17) is 4.74 Å². The van der Waals surface area contributed by atoms with Gasteiger partial charge < -0.3 is 9.47 Å². The van der Waals surface area contributed by atoms with Crippen molar-refractivity contribution in [2.45, 2.75) is 13.3 Å². The number of rotatable bonds is 5. The predicted octanol–water partition coefficient (Wildman–Crippen LogP) is 2.46. The molecule has 0 spiro atoms. The van der Waals surface area contributed by atoms with Gasteiger partial charge in [-0.25, -0.2) is 4.79 Å². The number of carbonyl (C=O) groups is 1. The van der Waals surface area contributed by atoms with Crippen molar-refractivity contribution in [1.29, 1.82) is 0 Å². The summed E-state index contributed by atoms with van der Waals surface area (Å²) in [6.45, 7) is 1.53. The van der Waals surface area contributed by atoms with Gasteiger partial charge in [-0.1, -0.05) is 6.07 Å². The number of carbonyl (C=O) groups excluding carboxylic acids is 1. The van der Waals surface area contributed by atoms with E-state index in [0.29, 0.717) is 0 Å². The van der Waals surface area contributed by atoms with E-state index in [0.717, 1.165) is 18.2 Å². The number of para-hydroxylation sites is 1. The number of ether oxygens (including phenoxy) is 2. The van der Waals surface area contributed by atoms with E-state index in [9.17, 15) is 28.1 Å². The van der Waals surface area contributed by atoms with Crippen LogP contribution in [0.3, 0.4) is 0 Å². The summed E-state index contributed by atoms with van der Waals surface area (Å²) < 4.78 is 45.6. The number of H-pyrrole nitrogens is 1. The second-order valence-electron chi connectivity index (χ2n) is 4.20. The van der Waals surface area contributed by atoms with Gasteiger partial charge in [0.1, 0.15) is 5.69 Å². The van der Waals surface area contributed by atoms with E-state index in [-0.39, 0.29) is 17.9 Å². The highest BCUT2D eigenvalue weighted by Gasteiger charge is 2.36. The summed E-state index contributed by atoms with van der Waals surface area (Å²) in [4.78, 5) is 21.9. The fourth-order valence-corrected chi connectivity index (χ4v) is 1.87. The van der Waals surface area contributed by atoms with E-state index in [1.165, 1.54) is 6.92 Å². The van der Waals surface area contributed by atoms with Gasteiger partial charge in [0.15, 0.2) is 5.69 Å². The molecule has 0 amide bonds. The number of esters is 1. The second-order valence-corrected chi connectivity index (χ2v) is 4.20. The molecule has 0 bridgehead atoms. The molecule has 12 heteroatoms. The van der Waals surface area contributed by atoms with Crippen LogP contribution in [0.2, 0.25) is 0 Å². The predicted molar refractivity (Wildman–Crippen MR) is 71.1 cm³/mol. The molecule has 2 aromatic rings. The Bertz CT molecular complexity index is 774. The van der Waals surface area contributed by atoms with Crippen LogP contribution in [0.1, 0.15) is 17.4 Å². The lowest BCUT2D eigenvalue weighted by Crippen LogP contribution is -2.18. The normalized spacial score (nSPS) is 11.2. The number of nitro benzene ring substituents is 1. The quantitative estimate of drug-likeness (QED) is 0.501. The second kappa shape index (κ2) is 6.52. The van der Waals surface area contributed by atoms with Crippen LogP contribution in [0, 0.1) is 10.1 Å². The minimum Gasteiger partial charge on any atom is -0.461 e. The molecule has 9 nitrogen and oxygen atoms in total. The van der Waals surface area contributed by atoms with Crippen molar-refractivity contribution in [2.75, 3.05) is 6.61 Å². The van der Waals surface area contributed by atoms with Crippen LogP contribution in [0.15, 0.2) is 18.2 Å². The molecule has 128 valence electrons. The lowest BCUT2D eigenvalue weighted by atomic mass is 10.1. The summed E-state index contributed by atoms with van der Waals surface area (Å²) in [5.41, 5.74) is -2.11. The molecule has 0 fully saturated rings. The average Bonchev–Trinajstić information content (AvgIpc) is 2.94. The SMILES string of the molecule is CCOC(=O)c1n[nH]nc1-c1cccc(OC(F)(F)F)c1[N+](=O)[O-]. The number of hydrogen-bond donors (Lipinski definition) is 1. The molecule has 2 rings (SSSR count). The highest BCUT2D eigenvalue weighted by atomic mass is 19.4. The number of aromatic nitrogens is 3. The standard InChI is InChI=1S/C12H9F3N4O5/c1-2-23-11(20)9-8(16-18-17-9)6-4-3-5-7(10(6)19(21)22)24-12(13,14)15/h3-5H,2H2,1H3,(H,16,17,18). The average molecular weight is 346 g/mol. The fourth-order valence-electron chi connectivity index (χ4n) is 1.87. The maximum atomic E-state index is 12.4. The molecule has 0 aliphatic rings. The van der Waals surface area contributed by atoms with Gasteiger partial charge in [-0.15, -0.1) is 18.3 Å². The number of halogens is 3. The number of benzene rings is 1. The van der Waals surface area contributed by atoms with Gasteiger partial charge in [0, 0.05) is 0 Å². The Labute approximate surface area is 131 Å². The number of nitrogens with one attached hydrogen (secondary N) is 1. The van der Waals surface area contributed by atoms with Crippen LogP contribution in [0.5, 0.6) is 5.75 Å². The molecule has 0 radical (unpaired) electrons. The molecule has 1 N–H and O–H groups in total. The number of aromatic amines is 1. The lowest BCUT2D eigenvalue weighted by Gasteiger charge is -2.10. The summed E-state index contributed by atoms with van der Waals surface area (Å²) in [5.74, 6) is -1.97. The van der Waals surface area contributed by atoms with Crippen LogP contribution in [-0.4, -0.2) is 39.3 Å². The summed E-state index contributed by atoms with van der Waals surface area (Å²) in [5, 5.41) is 20.4. The third-order valence-corrected chi connectivity index (χ3v) is 2.68. The van der Waals surface area contributed by atoms with Crippen molar-refractivity contribution in [2.24, 2.45) is 0 Å². The molecule has 0 aliphatic carbocycles. The van der Waals surface area contributed by atoms with Crippen LogP contribution >= 0.6 is 0 Å². The molecule has 0 aliphatic heterocycles. The Balaban J connectivity index is 2.60. The highest BCUT2D eigenvalue weighted by Crippen LogP contribution is 2.39. The van der Waals surface area contributed by atoms with Gasteiger partial charge in [0.2, 0.25) is 5.75 Å². The highest BCUT2D eigenvalue weighted by molar-refractivity contribution is 5.95. The van der Waals surface area contributed by atoms with E-state index in [2.05, 4.69) is 20.1 Å². The number of nitrogens with zero attached hydrogens (tertiary/aromatic N) is 3. The topological polar surface area (TPSA) is 120 Å². The summed E-state index contributed by atoms with van der Waals surface area (Å²) in [6, 6.07) is 2.98. The molecule has 1 aromatic heterocycles. The molecule has 1 aromatic carbocycles. The van der Waals surface area contributed by atoms with Crippen LogP contribution in [0.25, 0.3) is 11.3 Å². The monoisotopic (exact) mass is 346 g/mol. The smallest absolute Gasteiger partial charge is 0.461 e. The maximum absolute atomic E-state index is 12.4. The van der Waals surface area contributed by atoms with Gasteiger partial charge in [0.05, 0.1) is 17.1 Å². The zero-order chi connectivity index (χ0) is 17.9. The molecule has 0 atom stereocenters. The van der Waals surface area contributed by atoms with Crippen molar-refractivity contribution >= 4 is 11.7 Å². The fraction of sp³-hybridized carbons (Fsp3) is 0.250. The van der Waals surface area contributed by atoms with Crippen molar-refractivity contribution < 1.29 is 32.4 Å². The van der Waals surface area contributed by atoms with Crippen molar-refractivity contribution in [1.82, 2.24) is 15.4 Å². The van der Waals surface area contributed by atoms with E-state index < -0.39 is 34.4 Å². The van der Waals surface area contributed by atoms with E-state index in [1.807, 2.05) is 0 Å². The Morgan fingerprint density at radius 3 is 2.67 bits per heavy atom. The lowest BCUT2D eigenvalue weighted by molar-refractivity contribution is -0.388. The summed E-state index contributed by atoms with van der Waals surface area (Å²) in [7, 11) is 0. The number of alkyl halides is 3. The third-order valence-electron chi connectivity index (χ3n) is 2.68.